The molecule has 0 bridgehead atoms. The van der Waals surface area contributed by atoms with Gasteiger partial charge in [0.25, 0.3) is 11.8 Å². The third kappa shape index (κ3) is 5.23. The van der Waals surface area contributed by atoms with Crippen LogP contribution in [0.15, 0.2) is 24.3 Å². The van der Waals surface area contributed by atoms with E-state index < -0.39 is 30.3 Å². The van der Waals surface area contributed by atoms with Crippen LogP contribution in [0.25, 0.3) is 0 Å². The molecule has 8 heteroatoms. The van der Waals surface area contributed by atoms with E-state index in [1.165, 1.54) is 18.2 Å². The Labute approximate surface area is 126 Å². The van der Waals surface area contributed by atoms with E-state index in [0.29, 0.717) is 0 Å². The lowest BCUT2D eigenvalue weighted by molar-refractivity contribution is -0.141. The zero-order valence-corrected chi connectivity index (χ0v) is 11.9. The highest BCUT2D eigenvalue weighted by molar-refractivity contribution is 6.08. The first-order chi connectivity index (χ1) is 10.5. The maximum atomic E-state index is 12.0. The number of carbonyl (C=O) groups is 4. The summed E-state index contributed by atoms with van der Waals surface area (Å²) in [6.07, 6.45) is 0. The summed E-state index contributed by atoms with van der Waals surface area (Å²) in [7, 11) is 0. The van der Waals surface area contributed by atoms with Crippen LogP contribution in [0.4, 0.5) is 0 Å². The lowest BCUT2D eigenvalue weighted by Gasteiger charge is -2.09. The van der Waals surface area contributed by atoms with Gasteiger partial charge in [0.15, 0.2) is 0 Å². The van der Waals surface area contributed by atoms with Crippen LogP contribution in [0, 0.1) is 0 Å². The normalized spacial score (nSPS) is 9.68. The summed E-state index contributed by atoms with van der Waals surface area (Å²) in [5.41, 5.74) is 0.0554. The van der Waals surface area contributed by atoms with Crippen molar-refractivity contribution < 1.29 is 29.0 Å². The number of ether oxygens (including phenoxy) is 1. The number of hydrogen-bond acceptors (Lipinski definition) is 5. The molecule has 118 valence electrons. The van der Waals surface area contributed by atoms with Gasteiger partial charge in [-0.25, -0.2) is 0 Å². The summed E-state index contributed by atoms with van der Waals surface area (Å²) >= 11 is 0. The number of carboxylic acid groups (broad SMARTS) is 1. The quantitative estimate of drug-likeness (QED) is 0.599. The van der Waals surface area contributed by atoms with Crippen molar-refractivity contribution >= 4 is 23.8 Å². The van der Waals surface area contributed by atoms with Gasteiger partial charge in [0.2, 0.25) is 0 Å². The lowest BCUT2D eigenvalue weighted by Crippen LogP contribution is -2.34. The van der Waals surface area contributed by atoms with E-state index in [9.17, 15) is 19.2 Å². The summed E-state index contributed by atoms with van der Waals surface area (Å²) in [5, 5.41) is 13.0. The summed E-state index contributed by atoms with van der Waals surface area (Å²) in [6.45, 7) is 0.958. The minimum absolute atomic E-state index is 0.0186. The lowest BCUT2D eigenvalue weighted by atomic mass is 10.1. The fourth-order valence-electron chi connectivity index (χ4n) is 1.59. The Balaban J connectivity index is 2.78. The van der Waals surface area contributed by atoms with Crippen LogP contribution in [-0.2, 0) is 14.3 Å². The van der Waals surface area contributed by atoms with Crippen molar-refractivity contribution in [2.24, 2.45) is 0 Å². The van der Waals surface area contributed by atoms with Crippen LogP contribution >= 0.6 is 0 Å². The molecule has 0 atom stereocenters. The molecular weight excluding hydrogens is 292 g/mol. The average Bonchev–Trinajstić information content (AvgIpc) is 2.50. The molecule has 0 spiro atoms. The van der Waals surface area contributed by atoms with E-state index >= 15 is 0 Å². The molecule has 0 fully saturated rings. The SMILES string of the molecule is CCOC(=O)CNC(=O)c1ccccc1C(=O)NCC(=O)O. The van der Waals surface area contributed by atoms with Gasteiger partial charge in [0.05, 0.1) is 17.7 Å². The second kappa shape index (κ2) is 8.40. The van der Waals surface area contributed by atoms with Crippen LogP contribution < -0.4 is 10.6 Å². The van der Waals surface area contributed by atoms with Crippen molar-refractivity contribution in [1.29, 1.82) is 0 Å². The monoisotopic (exact) mass is 308 g/mol. The molecule has 8 nitrogen and oxygen atoms in total. The largest absolute Gasteiger partial charge is 0.480 e. The molecule has 22 heavy (non-hydrogen) atoms. The van der Waals surface area contributed by atoms with Crippen molar-refractivity contribution in [3.63, 3.8) is 0 Å². The molecule has 0 aromatic heterocycles. The third-order valence-electron chi connectivity index (χ3n) is 2.52. The number of benzene rings is 1. The van der Waals surface area contributed by atoms with Crippen molar-refractivity contribution in [3.8, 4) is 0 Å². The maximum Gasteiger partial charge on any atom is 0.325 e. The van der Waals surface area contributed by atoms with Gasteiger partial charge in [-0.3, -0.25) is 19.2 Å². The number of hydrogen-bond donors (Lipinski definition) is 3. The van der Waals surface area contributed by atoms with Crippen molar-refractivity contribution in [2.75, 3.05) is 19.7 Å². The highest BCUT2D eigenvalue weighted by Crippen LogP contribution is 2.08. The second-order valence-electron chi connectivity index (χ2n) is 4.11. The topological polar surface area (TPSA) is 122 Å². The van der Waals surface area contributed by atoms with Crippen LogP contribution in [-0.4, -0.2) is 48.6 Å². The van der Waals surface area contributed by atoms with Gasteiger partial charge in [-0.1, -0.05) is 12.1 Å². The van der Waals surface area contributed by atoms with Gasteiger partial charge in [0.1, 0.15) is 13.1 Å². The van der Waals surface area contributed by atoms with Crippen molar-refractivity contribution in [3.05, 3.63) is 35.4 Å². The van der Waals surface area contributed by atoms with Gasteiger partial charge in [-0.15, -0.1) is 0 Å². The predicted molar refractivity (Wildman–Crippen MR) is 75.4 cm³/mol. The summed E-state index contributed by atoms with van der Waals surface area (Å²) in [4.78, 5) is 45.5. The number of esters is 1. The molecule has 1 aromatic carbocycles. The maximum absolute atomic E-state index is 12.0. The van der Waals surface area contributed by atoms with Crippen LogP contribution in [0.1, 0.15) is 27.6 Å². The van der Waals surface area contributed by atoms with E-state index in [2.05, 4.69) is 15.4 Å². The molecule has 0 heterocycles. The zero-order chi connectivity index (χ0) is 16.5. The Bertz CT molecular complexity index is 584. The van der Waals surface area contributed by atoms with Gasteiger partial charge in [0, 0.05) is 0 Å². The van der Waals surface area contributed by atoms with Crippen molar-refractivity contribution in [2.45, 2.75) is 6.92 Å². The molecule has 0 saturated heterocycles. The number of carbonyl (C=O) groups excluding carboxylic acids is 3. The highest BCUT2D eigenvalue weighted by atomic mass is 16.5. The molecule has 0 aliphatic heterocycles. The minimum atomic E-state index is -1.20. The minimum Gasteiger partial charge on any atom is -0.480 e. The Kier molecular flexibility index (Phi) is 6.55. The molecule has 0 saturated carbocycles. The fraction of sp³-hybridized carbons (Fsp3) is 0.286. The van der Waals surface area contributed by atoms with E-state index in [0.717, 1.165) is 0 Å². The number of carboxylic acids is 1. The molecule has 0 unspecified atom stereocenters. The Morgan fingerprint density at radius 3 is 1.95 bits per heavy atom. The standard InChI is InChI=1S/C14H16N2O6/c1-2-22-12(19)8-16-14(21)10-6-4-3-5-9(10)13(20)15-7-11(17)18/h3-6H,2,7-8H2,1H3,(H,15,20)(H,16,21)(H,17,18). The number of aliphatic carboxylic acids is 1. The first kappa shape index (κ1) is 17.2. The van der Waals surface area contributed by atoms with Gasteiger partial charge < -0.3 is 20.5 Å². The van der Waals surface area contributed by atoms with E-state index in [4.69, 9.17) is 5.11 Å². The Morgan fingerprint density at radius 1 is 1.00 bits per heavy atom. The van der Waals surface area contributed by atoms with Crippen LogP contribution in [0.3, 0.4) is 0 Å². The molecular formula is C14H16N2O6. The van der Waals surface area contributed by atoms with E-state index in [1.807, 2.05) is 0 Å². The molecule has 0 radical (unpaired) electrons. The first-order valence-corrected chi connectivity index (χ1v) is 6.48. The predicted octanol–water partition coefficient (Wildman–Crippen LogP) is -0.206. The fourth-order valence-corrected chi connectivity index (χ4v) is 1.59. The first-order valence-electron chi connectivity index (χ1n) is 6.48. The summed E-state index contributed by atoms with van der Waals surface area (Å²) in [5.74, 6) is -3.11. The number of amides is 2. The van der Waals surface area contributed by atoms with Crippen molar-refractivity contribution in [1.82, 2.24) is 10.6 Å². The molecule has 1 aromatic rings. The average molecular weight is 308 g/mol. The Hall–Kier alpha value is -2.90. The van der Waals surface area contributed by atoms with Gasteiger partial charge in [-0.2, -0.15) is 0 Å². The molecule has 1 rings (SSSR count). The molecule has 0 aliphatic carbocycles. The third-order valence-corrected chi connectivity index (χ3v) is 2.52. The number of rotatable bonds is 7. The smallest absolute Gasteiger partial charge is 0.325 e. The molecule has 0 aliphatic rings. The zero-order valence-electron chi connectivity index (χ0n) is 11.9. The summed E-state index contributed by atoms with van der Waals surface area (Å²) < 4.78 is 4.67. The second-order valence-corrected chi connectivity index (χ2v) is 4.11. The van der Waals surface area contributed by atoms with E-state index in [-0.39, 0.29) is 24.3 Å². The Morgan fingerprint density at radius 2 is 1.50 bits per heavy atom. The molecule has 2 amide bonds. The number of nitrogens with one attached hydrogen (secondary N) is 2. The van der Waals surface area contributed by atoms with Gasteiger partial charge in [-0.05, 0) is 19.1 Å². The van der Waals surface area contributed by atoms with Crippen LogP contribution in [0.5, 0.6) is 0 Å². The van der Waals surface area contributed by atoms with Gasteiger partial charge >= 0.3 is 11.9 Å². The van der Waals surface area contributed by atoms with Crippen LogP contribution in [0.2, 0.25) is 0 Å². The molecule has 3 N–H and O–H groups in total. The highest BCUT2D eigenvalue weighted by Gasteiger charge is 2.17. The van der Waals surface area contributed by atoms with E-state index in [1.54, 1.807) is 13.0 Å². The summed E-state index contributed by atoms with van der Waals surface area (Å²) in [6, 6.07) is 5.87.